The van der Waals surface area contributed by atoms with Gasteiger partial charge in [-0.15, -0.1) is 0 Å². The molecule has 5 heteroatoms. The van der Waals surface area contributed by atoms with Gasteiger partial charge >= 0.3 is 0 Å². The molecule has 0 aliphatic carbocycles. The number of nitrogens with zero attached hydrogens (tertiary/aromatic N) is 1. The topological polar surface area (TPSA) is 36.5 Å². The summed E-state index contributed by atoms with van der Waals surface area (Å²) in [7, 11) is 4.16. The van der Waals surface area contributed by atoms with E-state index in [1.807, 2.05) is 54.6 Å². The number of anilines is 1. The molecule has 0 aliphatic rings. The molecule has 0 heterocycles. The Morgan fingerprint density at radius 1 is 1.00 bits per heavy atom. The van der Waals surface area contributed by atoms with Crippen LogP contribution in [0, 0.1) is 5.41 Å². The highest BCUT2D eigenvalue weighted by molar-refractivity contribution is 7.80. The molecule has 2 rings (SSSR count). The van der Waals surface area contributed by atoms with Gasteiger partial charge in [-0.3, -0.25) is 0 Å². The average molecular weight is 358 g/mol. The minimum Gasteiger partial charge on any atom is -0.457 e. The van der Waals surface area contributed by atoms with Gasteiger partial charge in [0.1, 0.15) is 11.5 Å². The van der Waals surface area contributed by atoms with Crippen LogP contribution in [0.5, 0.6) is 11.5 Å². The third-order valence-corrected chi connectivity index (χ3v) is 3.81. The molecule has 0 saturated carbocycles. The number of hydrogen-bond donors (Lipinski definition) is 2. The smallest absolute Gasteiger partial charge is 0.170 e. The molecule has 0 spiro atoms. The number of ether oxygens (including phenoxy) is 1. The van der Waals surface area contributed by atoms with Crippen molar-refractivity contribution >= 4 is 23.0 Å². The van der Waals surface area contributed by atoms with E-state index in [0.717, 1.165) is 30.3 Å². The fraction of sp³-hybridized carbons (Fsp3) is 0.350. The molecule has 2 N–H and O–H groups in total. The molecule has 0 unspecified atom stereocenters. The summed E-state index contributed by atoms with van der Waals surface area (Å²) in [5.41, 5.74) is 1.08. The molecular weight excluding hydrogens is 330 g/mol. The summed E-state index contributed by atoms with van der Waals surface area (Å²) >= 11 is 5.39. The van der Waals surface area contributed by atoms with Crippen molar-refractivity contribution in [1.82, 2.24) is 10.2 Å². The molecule has 0 amide bonds. The van der Waals surface area contributed by atoms with Crippen molar-refractivity contribution in [2.45, 2.75) is 13.8 Å². The van der Waals surface area contributed by atoms with Crippen LogP contribution < -0.4 is 15.4 Å². The second-order valence-electron chi connectivity index (χ2n) is 7.15. The highest BCUT2D eigenvalue weighted by Gasteiger charge is 2.18. The lowest BCUT2D eigenvalue weighted by atomic mass is 9.93. The van der Waals surface area contributed by atoms with Crippen molar-refractivity contribution in [1.29, 1.82) is 0 Å². The Balaban J connectivity index is 1.83. The Morgan fingerprint density at radius 2 is 1.60 bits per heavy atom. The van der Waals surface area contributed by atoms with Gasteiger partial charge in [-0.25, -0.2) is 0 Å². The lowest BCUT2D eigenvalue weighted by Crippen LogP contribution is -2.41. The van der Waals surface area contributed by atoms with E-state index in [0.29, 0.717) is 5.11 Å². The van der Waals surface area contributed by atoms with Crippen molar-refractivity contribution < 1.29 is 4.74 Å². The second kappa shape index (κ2) is 8.83. The van der Waals surface area contributed by atoms with E-state index in [1.54, 1.807) is 0 Å². The largest absolute Gasteiger partial charge is 0.457 e. The molecule has 134 valence electrons. The summed E-state index contributed by atoms with van der Waals surface area (Å²) < 4.78 is 5.79. The first-order chi connectivity index (χ1) is 11.8. The van der Waals surface area contributed by atoms with E-state index in [1.165, 1.54) is 0 Å². The van der Waals surface area contributed by atoms with Crippen molar-refractivity contribution in [3.05, 3.63) is 54.6 Å². The Hall–Kier alpha value is -2.11. The van der Waals surface area contributed by atoms with E-state index in [2.05, 4.69) is 43.5 Å². The zero-order valence-electron chi connectivity index (χ0n) is 15.4. The van der Waals surface area contributed by atoms with Crippen LogP contribution in [0.15, 0.2) is 54.6 Å². The van der Waals surface area contributed by atoms with Gasteiger partial charge in [-0.2, -0.15) is 0 Å². The molecule has 4 nitrogen and oxygen atoms in total. The van der Waals surface area contributed by atoms with Gasteiger partial charge < -0.3 is 20.3 Å². The van der Waals surface area contributed by atoms with Gasteiger partial charge in [0, 0.05) is 18.8 Å². The molecule has 0 bridgehead atoms. The maximum absolute atomic E-state index is 5.79. The van der Waals surface area contributed by atoms with E-state index >= 15 is 0 Å². The maximum atomic E-state index is 5.79. The van der Waals surface area contributed by atoms with Crippen molar-refractivity contribution in [3.8, 4) is 11.5 Å². The molecular formula is C20H27N3OS. The lowest BCUT2D eigenvalue weighted by Gasteiger charge is -2.29. The monoisotopic (exact) mass is 357 g/mol. The third-order valence-electron chi connectivity index (χ3n) is 3.56. The van der Waals surface area contributed by atoms with Gasteiger partial charge in [0.2, 0.25) is 0 Å². The first-order valence-corrected chi connectivity index (χ1v) is 8.77. The number of para-hydroxylation sites is 1. The van der Waals surface area contributed by atoms with Crippen molar-refractivity contribution in [2.75, 3.05) is 32.5 Å². The summed E-state index contributed by atoms with van der Waals surface area (Å²) in [5, 5.41) is 7.13. The number of rotatable bonds is 7. The molecule has 0 aromatic heterocycles. The maximum Gasteiger partial charge on any atom is 0.170 e. The standard InChI is InChI=1S/C20H27N3OS/c1-20(2,15-23(3)4)14-21-19(25)22-16-10-12-18(13-11-16)24-17-8-6-5-7-9-17/h5-13H,14-15H2,1-4H3,(H2,21,22,25). The van der Waals surface area contributed by atoms with Crippen LogP contribution in [0.4, 0.5) is 5.69 Å². The quantitative estimate of drug-likeness (QED) is 0.721. The normalized spacial score (nSPS) is 11.2. The fourth-order valence-corrected chi connectivity index (χ4v) is 2.83. The zero-order chi connectivity index (χ0) is 18.3. The molecule has 2 aromatic carbocycles. The first-order valence-electron chi connectivity index (χ1n) is 8.37. The second-order valence-corrected chi connectivity index (χ2v) is 7.56. The summed E-state index contributed by atoms with van der Waals surface area (Å²) in [4.78, 5) is 2.18. The van der Waals surface area contributed by atoms with E-state index < -0.39 is 0 Å². The number of benzene rings is 2. The molecule has 0 radical (unpaired) electrons. The number of hydrogen-bond acceptors (Lipinski definition) is 3. The van der Waals surface area contributed by atoms with Crippen LogP contribution in [0.2, 0.25) is 0 Å². The van der Waals surface area contributed by atoms with Crippen LogP contribution in [0.3, 0.4) is 0 Å². The molecule has 0 atom stereocenters. The molecule has 0 saturated heterocycles. The summed E-state index contributed by atoms with van der Waals surface area (Å²) in [6.07, 6.45) is 0. The van der Waals surface area contributed by atoms with Crippen molar-refractivity contribution in [3.63, 3.8) is 0 Å². The summed E-state index contributed by atoms with van der Waals surface area (Å²) in [6, 6.07) is 17.5. The lowest BCUT2D eigenvalue weighted by molar-refractivity contribution is 0.242. The highest BCUT2D eigenvalue weighted by atomic mass is 32.1. The predicted octanol–water partition coefficient (Wildman–Crippen LogP) is 4.35. The molecule has 25 heavy (non-hydrogen) atoms. The van der Waals surface area contributed by atoms with Crippen LogP contribution in [-0.2, 0) is 0 Å². The van der Waals surface area contributed by atoms with Crippen LogP contribution in [0.1, 0.15) is 13.8 Å². The van der Waals surface area contributed by atoms with Crippen LogP contribution in [0.25, 0.3) is 0 Å². The Bertz CT molecular complexity index is 669. The first kappa shape index (κ1) is 19.2. The van der Waals surface area contributed by atoms with Crippen LogP contribution >= 0.6 is 12.2 Å². The summed E-state index contributed by atoms with van der Waals surface area (Å²) in [6.45, 7) is 6.25. The zero-order valence-corrected chi connectivity index (χ0v) is 16.2. The van der Waals surface area contributed by atoms with E-state index in [9.17, 15) is 0 Å². The Morgan fingerprint density at radius 3 is 2.20 bits per heavy atom. The van der Waals surface area contributed by atoms with Gasteiger partial charge in [-0.05, 0) is 68.1 Å². The molecule has 2 aromatic rings. The average Bonchev–Trinajstić information content (AvgIpc) is 2.55. The predicted molar refractivity (Wildman–Crippen MR) is 110 cm³/mol. The van der Waals surface area contributed by atoms with Gasteiger partial charge in [-0.1, -0.05) is 32.0 Å². The van der Waals surface area contributed by atoms with E-state index in [4.69, 9.17) is 17.0 Å². The van der Waals surface area contributed by atoms with E-state index in [-0.39, 0.29) is 5.41 Å². The minimum absolute atomic E-state index is 0.141. The molecule has 0 aliphatic heterocycles. The Labute approximate surface area is 156 Å². The number of thiocarbonyl (C=S) groups is 1. The number of nitrogens with one attached hydrogen (secondary N) is 2. The van der Waals surface area contributed by atoms with Crippen molar-refractivity contribution in [2.24, 2.45) is 5.41 Å². The fourth-order valence-electron chi connectivity index (χ4n) is 2.64. The van der Waals surface area contributed by atoms with Gasteiger partial charge in [0.15, 0.2) is 5.11 Å². The van der Waals surface area contributed by atoms with Crippen LogP contribution in [-0.4, -0.2) is 37.2 Å². The SMILES string of the molecule is CN(C)CC(C)(C)CNC(=S)Nc1ccc(Oc2ccccc2)cc1. The minimum atomic E-state index is 0.141. The highest BCUT2D eigenvalue weighted by Crippen LogP contribution is 2.22. The Kier molecular flexibility index (Phi) is 6.79. The summed E-state index contributed by atoms with van der Waals surface area (Å²) in [5.74, 6) is 1.62. The molecule has 0 fully saturated rings. The van der Waals surface area contributed by atoms with Gasteiger partial charge in [0.05, 0.1) is 0 Å². The third kappa shape index (κ3) is 7.11. The van der Waals surface area contributed by atoms with Gasteiger partial charge in [0.25, 0.3) is 0 Å².